The van der Waals surface area contributed by atoms with Crippen molar-refractivity contribution in [2.24, 2.45) is 0 Å². The molecule has 0 fully saturated rings. The van der Waals surface area contributed by atoms with Crippen molar-refractivity contribution in [3.05, 3.63) is 92.4 Å². The van der Waals surface area contributed by atoms with E-state index in [1.165, 1.54) is 0 Å². The van der Waals surface area contributed by atoms with Gasteiger partial charge in [0.05, 0.1) is 11.1 Å². The lowest BCUT2D eigenvalue weighted by atomic mass is 10.2. The minimum Gasteiger partial charge on any atom is -0.480 e. The lowest BCUT2D eigenvalue weighted by Gasteiger charge is -2.13. The molecule has 0 aliphatic heterocycles. The molecule has 3 aromatic rings. The van der Waals surface area contributed by atoms with Gasteiger partial charge in [0.2, 0.25) is 0 Å². The summed E-state index contributed by atoms with van der Waals surface area (Å²) in [5, 5.41) is 0. The van der Waals surface area contributed by atoms with Crippen LogP contribution in [0, 0.1) is 6.92 Å². The predicted molar refractivity (Wildman–Crippen MR) is 125 cm³/mol. The van der Waals surface area contributed by atoms with E-state index in [2.05, 4.69) is 31.9 Å². The Morgan fingerprint density at radius 3 is 2.39 bits per heavy atom. The van der Waals surface area contributed by atoms with Gasteiger partial charge in [0.15, 0.2) is 6.61 Å². The van der Waals surface area contributed by atoms with Gasteiger partial charge >= 0.3 is 11.9 Å². The molecule has 0 N–H and O–H groups in total. The number of ether oxygens (including phenoxy) is 3. The molecule has 31 heavy (non-hydrogen) atoms. The summed E-state index contributed by atoms with van der Waals surface area (Å²) >= 11 is 6.82. The number of benzene rings is 3. The summed E-state index contributed by atoms with van der Waals surface area (Å²) in [7, 11) is 0. The second-order valence-electron chi connectivity index (χ2n) is 6.66. The predicted octanol–water partition coefficient (Wildman–Crippen LogP) is 5.90. The van der Waals surface area contributed by atoms with Crippen LogP contribution in [-0.4, -0.2) is 25.2 Å². The third-order valence-electron chi connectivity index (χ3n) is 4.33. The number of aryl methyl sites for hydroxylation is 1. The monoisotopic (exact) mass is 546 g/mol. The van der Waals surface area contributed by atoms with Gasteiger partial charge in [-0.15, -0.1) is 0 Å². The third-order valence-corrected chi connectivity index (χ3v) is 5.37. The molecule has 160 valence electrons. The van der Waals surface area contributed by atoms with Crippen LogP contribution >= 0.6 is 31.9 Å². The van der Waals surface area contributed by atoms with Crippen LogP contribution in [0.15, 0.2) is 75.7 Å². The van der Waals surface area contributed by atoms with Crippen molar-refractivity contribution < 1.29 is 23.8 Å². The Labute approximate surface area is 197 Å². The SMILES string of the molecule is Cc1cc(Br)cc(Br)c1OCC(=O)Oc1ccccc1C(=O)OCCc1ccccc1. The lowest BCUT2D eigenvalue weighted by molar-refractivity contribution is -0.136. The maximum atomic E-state index is 12.5. The van der Waals surface area contributed by atoms with Crippen molar-refractivity contribution in [3.8, 4) is 11.5 Å². The van der Waals surface area contributed by atoms with E-state index >= 15 is 0 Å². The quantitative estimate of drug-likeness (QED) is 0.259. The number of carbonyl (C=O) groups is 2. The number of rotatable bonds is 8. The zero-order valence-electron chi connectivity index (χ0n) is 16.8. The first-order valence-electron chi connectivity index (χ1n) is 9.53. The zero-order chi connectivity index (χ0) is 22.2. The second-order valence-corrected chi connectivity index (χ2v) is 8.43. The van der Waals surface area contributed by atoms with E-state index in [0.717, 1.165) is 20.1 Å². The van der Waals surface area contributed by atoms with Crippen LogP contribution < -0.4 is 9.47 Å². The minimum absolute atomic E-state index is 0.132. The average molecular weight is 548 g/mol. The number of hydrogen-bond acceptors (Lipinski definition) is 5. The van der Waals surface area contributed by atoms with E-state index in [-0.39, 0.29) is 24.5 Å². The molecular weight excluding hydrogens is 528 g/mol. The summed E-state index contributed by atoms with van der Waals surface area (Å²) in [6.45, 7) is 1.79. The first-order valence-corrected chi connectivity index (χ1v) is 11.1. The van der Waals surface area contributed by atoms with Gasteiger partial charge in [-0.3, -0.25) is 0 Å². The number of para-hydroxylation sites is 1. The maximum Gasteiger partial charge on any atom is 0.349 e. The molecule has 0 bridgehead atoms. The van der Waals surface area contributed by atoms with Gasteiger partial charge in [0, 0.05) is 10.9 Å². The van der Waals surface area contributed by atoms with Crippen LogP contribution in [0.4, 0.5) is 0 Å². The first-order chi connectivity index (χ1) is 14.9. The fourth-order valence-corrected chi connectivity index (χ4v) is 4.42. The van der Waals surface area contributed by atoms with Gasteiger partial charge in [-0.05, 0) is 58.2 Å². The van der Waals surface area contributed by atoms with Crippen molar-refractivity contribution in [2.75, 3.05) is 13.2 Å². The first kappa shape index (κ1) is 23.0. The maximum absolute atomic E-state index is 12.5. The van der Waals surface area contributed by atoms with Crippen LogP contribution in [-0.2, 0) is 16.0 Å². The largest absolute Gasteiger partial charge is 0.480 e. The fourth-order valence-electron chi connectivity index (χ4n) is 2.86. The van der Waals surface area contributed by atoms with Gasteiger partial charge in [0.25, 0.3) is 0 Å². The highest BCUT2D eigenvalue weighted by molar-refractivity contribution is 9.11. The third kappa shape index (κ3) is 6.67. The molecule has 5 nitrogen and oxygen atoms in total. The van der Waals surface area contributed by atoms with Crippen molar-refractivity contribution in [2.45, 2.75) is 13.3 Å². The average Bonchev–Trinajstić information content (AvgIpc) is 2.74. The van der Waals surface area contributed by atoms with Crippen molar-refractivity contribution in [3.63, 3.8) is 0 Å². The number of carbonyl (C=O) groups excluding carboxylic acids is 2. The van der Waals surface area contributed by atoms with E-state index in [0.29, 0.717) is 12.2 Å². The Morgan fingerprint density at radius 1 is 0.935 bits per heavy atom. The summed E-state index contributed by atoms with van der Waals surface area (Å²) in [5.41, 5.74) is 2.11. The Morgan fingerprint density at radius 2 is 1.65 bits per heavy atom. The summed E-state index contributed by atoms with van der Waals surface area (Å²) in [6.07, 6.45) is 0.601. The molecular formula is C24H20Br2O5. The topological polar surface area (TPSA) is 61.8 Å². The molecule has 3 rings (SSSR count). The molecule has 0 atom stereocenters. The molecule has 0 unspecified atom stereocenters. The molecule has 0 aliphatic rings. The van der Waals surface area contributed by atoms with Gasteiger partial charge in [-0.1, -0.05) is 58.4 Å². The summed E-state index contributed by atoms with van der Waals surface area (Å²) < 4.78 is 17.9. The Bertz CT molecular complexity index is 1040. The molecule has 0 amide bonds. The van der Waals surface area contributed by atoms with E-state index in [9.17, 15) is 9.59 Å². The van der Waals surface area contributed by atoms with Crippen LogP contribution in [0.25, 0.3) is 0 Å². The molecule has 0 radical (unpaired) electrons. The van der Waals surface area contributed by atoms with E-state index in [1.54, 1.807) is 24.3 Å². The zero-order valence-corrected chi connectivity index (χ0v) is 19.9. The highest BCUT2D eigenvalue weighted by Gasteiger charge is 2.17. The van der Waals surface area contributed by atoms with E-state index in [4.69, 9.17) is 14.2 Å². The van der Waals surface area contributed by atoms with Gasteiger partial charge in [-0.2, -0.15) is 0 Å². The number of hydrogen-bond donors (Lipinski definition) is 0. The Hall–Kier alpha value is -2.64. The molecule has 0 aromatic heterocycles. The molecule has 0 spiro atoms. The van der Waals surface area contributed by atoms with Crippen LogP contribution in [0.2, 0.25) is 0 Å². The van der Waals surface area contributed by atoms with E-state index < -0.39 is 11.9 Å². The minimum atomic E-state index is -0.626. The number of halogens is 2. The molecule has 0 saturated heterocycles. The summed E-state index contributed by atoms with van der Waals surface area (Å²) in [6, 6.07) is 19.9. The van der Waals surface area contributed by atoms with E-state index in [1.807, 2.05) is 49.4 Å². The summed E-state index contributed by atoms with van der Waals surface area (Å²) in [4.78, 5) is 24.8. The molecule has 0 saturated carbocycles. The fraction of sp³-hybridized carbons (Fsp3) is 0.167. The second kappa shape index (κ2) is 11.1. The normalized spacial score (nSPS) is 10.4. The van der Waals surface area contributed by atoms with Crippen molar-refractivity contribution in [1.29, 1.82) is 0 Å². The molecule has 7 heteroatoms. The van der Waals surface area contributed by atoms with Gasteiger partial charge < -0.3 is 14.2 Å². The van der Waals surface area contributed by atoms with Crippen molar-refractivity contribution >= 4 is 43.8 Å². The van der Waals surface area contributed by atoms with Crippen LogP contribution in [0.1, 0.15) is 21.5 Å². The Balaban J connectivity index is 1.58. The summed E-state index contributed by atoms with van der Waals surface area (Å²) in [5.74, 6) is -0.494. The molecule has 0 aliphatic carbocycles. The highest BCUT2D eigenvalue weighted by Crippen LogP contribution is 2.32. The van der Waals surface area contributed by atoms with Crippen LogP contribution in [0.3, 0.4) is 0 Å². The van der Waals surface area contributed by atoms with Crippen LogP contribution in [0.5, 0.6) is 11.5 Å². The standard InChI is InChI=1S/C24H20Br2O5/c1-16-13-18(25)14-20(26)23(16)30-15-22(27)31-21-10-6-5-9-19(21)24(28)29-12-11-17-7-3-2-4-8-17/h2-10,13-14H,11-12,15H2,1H3. The number of esters is 2. The lowest BCUT2D eigenvalue weighted by Crippen LogP contribution is -2.20. The smallest absolute Gasteiger partial charge is 0.349 e. The van der Waals surface area contributed by atoms with Gasteiger partial charge in [-0.25, -0.2) is 9.59 Å². The molecule has 0 heterocycles. The Kier molecular flexibility index (Phi) is 8.26. The molecule has 3 aromatic carbocycles. The van der Waals surface area contributed by atoms with Crippen molar-refractivity contribution in [1.82, 2.24) is 0 Å². The highest BCUT2D eigenvalue weighted by atomic mass is 79.9. The van der Waals surface area contributed by atoms with Gasteiger partial charge in [0.1, 0.15) is 17.1 Å².